The fourth-order valence-electron chi connectivity index (χ4n) is 4.90. The summed E-state index contributed by atoms with van der Waals surface area (Å²) in [6.45, 7) is 5.96. The van der Waals surface area contributed by atoms with E-state index in [1.165, 1.54) is 0 Å². The third-order valence-corrected chi connectivity index (χ3v) is 6.40. The Morgan fingerprint density at radius 3 is 2.89 bits per heavy atom. The molecule has 4 heterocycles. The van der Waals surface area contributed by atoms with E-state index < -0.39 is 17.4 Å². The van der Waals surface area contributed by atoms with Gasteiger partial charge in [-0.1, -0.05) is 26.0 Å². The Hall–Kier alpha value is -2.15. The molecular formula is C20H28N4O3. The summed E-state index contributed by atoms with van der Waals surface area (Å²) in [5.74, 6) is -0.755. The molecule has 7 nitrogen and oxygen atoms in total. The number of carbonyl (C=O) groups is 2. The van der Waals surface area contributed by atoms with Crippen LogP contribution in [-0.4, -0.2) is 69.3 Å². The summed E-state index contributed by atoms with van der Waals surface area (Å²) < 4.78 is 8.02. The van der Waals surface area contributed by atoms with Crippen molar-refractivity contribution in [2.75, 3.05) is 20.1 Å². The van der Waals surface area contributed by atoms with Crippen molar-refractivity contribution in [3.8, 4) is 0 Å². The summed E-state index contributed by atoms with van der Waals surface area (Å²) in [6.07, 6.45) is 9.15. The highest BCUT2D eigenvalue weighted by atomic mass is 16.5. The van der Waals surface area contributed by atoms with Gasteiger partial charge >= 0.3 is 0 Å². The molecule has 3 aliphatic heterocycles. The fraction of sp³-hybridized carbons (Fsp3) is 0.650. The van der Waals surface area contributed by atoms with E-state index in [-0.39, 0.29) is 24.0 Å². The minimum atomic E-state index is -0.618. The molecule has 4 rings (SSSR count). The quantitative estimate of drug-likeness (QED) is 0.677. The van der Waals surface area contributed by atoms with E-state index in [4.69, 9.17) is 4.74 Å². The van der Waals surface area contributed by atoms with E-state index in [1.54, 1.807) is 22.8 Å². The van der Waals surface area contributed by atoms with E-state index in [0.29, 0.717) is 19.6 Å². The largest absolute Gasteiger partial charge is 0.360 e. The average Bonchev–Trinajstić information content (AvgIpc) is 3.43. The number of likely N-dealkylation sites (N-methyl/N-ethyl adjacent to an activating group) is 1. The van der Waals surface area contributed by atoms with Crippen molar-refractivity contribution >= 4 is 11.8 Å². The lowest BCUT2D eigenvalue weighted by Crippen LogP contribution is -2.46. The summed E-state index contributed by atoms with van der Waals surface area (Å²) >= 11 is 0. The summed E-state index contributed by atoms with van der Waals surface area (Å²) in [7, 11) is 1.80. The molecule has 1 aromatic heterocycles. The molecule has 2 fully saturated rings. The van der Waals surface area contributed by atoms with Gasteiger partial charge in [0.2, 0.25) is 11.8 Å². The SMILES string of the molecule is CCC(CC)N1C[C@]23C=C[C@H](O2)[C@@H](C(=O)N(C)CCn2cccn2)[C@H]3C1=O. The van der Waals surface area contributed by atoms with Gasteiger partial charge in [0.1, 0.15) is 5.60 Å². The van der Waals surface area contributed by atoms with E-state index >= 15 is 0 Å². The van der Waals surface area contributed by atoms with Crippen molar-refractivity contribution in [2.45, 2.75) is 51.0 Å². The zero-order chi connectivity index (χ0) is 19.2. The zero-order valence-corrected chi connectivity index (χ0v) is 16.2. The number of fused-ring (bicyclic) bond motifs is 1. The highest BCUT2D eigenvalue weighted by molar-refractivity contribution is 5.93. The van der Waals surface area contributed by atoms with Gasteiger partial charge < -0.3 is 14.5 Å². The van der Waals surface area contributed by atoms with Gasteiger partial charge in [-0.25, -0.2) is 0 Å². The van der Waals surface area contributed by atoms with Crippen molar-refractivity contribution in [3.63, 3.8) is 0 Å². The van der Waals surface area contributed by atoms with Gasteiger partial charge in [-0.3, -0.25) is 14.3 Å². The molecule has 1 aromatic rings. The minimum absolute atomic E-state index is 0.0110. The third kappa shape index (κ3) is 2.79. The maximum Gasteiger partial charge on any atom is 0.230 e. The van der Waals surface area contributed by atoms with Gasteiger partial charge in [-0.2, -0.15) is 5.10 Å². The minimum Gasteiger partial charge on any atom is -0.360 e. The summed E-state index contributed by atoms with van der Waals surface area (Å²) in [5, 5.41) is 4.18. The molecule has 0 unspecified atom stereocenters. The van der Waals surface area contributed by atoms with Crippen molar-refractivity contribution in [1.82, 2.24) is 19.6 Å². The van der Waals surface area contributed by atoms with Crippen LogP contribution >= 0.6 is 0 Å². The Kier molecular flexibility index (Phi) is 4.58. The number of nitrogens with zero attached hydrogens (tertiary/aromatic N) is 4. The van der Waals surface area contributed by atoms with Crippen LogP contribution in [0.1, 0.15) is 26.7 Å². The van der Waals surface area contributed by atoms with Crippen LogP contribution in [-0.2, 0) is 20.9 Å². The normalized spacial score (nSPS) is 31.2. The van der Waals surface area contributed by atoms with Crippen LogP contribution in [0.25, 0.3) is 0 Å². The Bertz CT molecular complexity index is 742. The van der Waals surface area contributed by atoms with Gasteiger partial charge in [0.05, 0.1) is 31.0 Å². The van der Waals surface area contributed by atoms with Gasteiger partial charge in [0.25, 0.3) is 0 Å². The lowest BCUT2D eigenvalue weighted by atomic mass is 9.76. The first-order valence-corrected chi connectivity index (χ1v) is 9.90. The van der Waals surface area contributed by atoms with E-state index in [2.05, 4.69) is 18.9 Å². The molecule has 2 saturated heterocycles. The Morgan fingerprint density at radius 2 is 2.22 bits per heavy atom. The van der Waals surface area contributed by atoms with E-state index in [1.807, 2.05) is 29.3 Å². The standard InChI is InChI=1S/C20H28N4O3/c1-4-14(5-2)24-13-20-8-7-15(27-20)16(17(20)19(24)26)18(25)22(3)11-12-23-10-6-9-21-23/h6-10,14-17H,4-5,11-13H2,1-3H3/t15-,16+,17-,20-/m0/s1. The summed E-state index contributed by atoms with van der Waals surface area (Å²) in [4.78, 5) is 30.1. The second kappa shape index (κ2) is 6.78. The molecule has 2 amide bonds. The van der Waals surface area contributed by atoms with Crippen LogP contribution in [0.4, 0.5) is 0 Å². The number of hydrogen-bond acceptors (Lipinski definition) is 4. The predicted octanol–water partition coefficient (Wildman–Crippen LogP) is 1.31. The molecule has 146 valence electrons. The molecule has 3 aliphatic rings. The van der Waals surface area contributed by atoms with Crippen LogP contribution in [0.15, 0.2) is 30.6 Å². The van der Waals surface area contributed by atoms with Crippen LogP contribution in [0.2, 0.25) is 0 Å². The van der Waals surface area contributed by atoms with Crippen molar-refractivity contribution in [1.29, 1.82) is 0 Å². The van der Waals surface area contributed by atoms with Crippen LogP contribution in [0.5, 0.6) is 0 Å². The second-order valence-corrected chi connectivity index (χ2v) is 7.87. The number of hydrogen-bond donors (Lipinski definition) is 0. The third-order valence-electron chi connectivity index (χ3n) is 6.40. The first-order chi connectivity index (χ1) is 13.0. The molecule has 0 N–H and O–H groups in total. The van der Waals surface area contributed by atoms with E-state index in [9.17, 15) is 9.59 Å². The molecule has 0 saturated carbocycles. The number of rotatable bonds is 7. The summed E-state index contributed by atoms with van der Waals surface area (Å²) in [6, 6.07) is 2.07. The Morgan fingerprint density at radius 1 is 1.44 bits per heavy atom. The van der Waals surface area contributed by atoms with Gasteiger partial charge in [0.15, 0.2) is 0 Å². The Labute approximate surface area is 159 Å². The Balaban J connectivity index is 1.51. The maximum atomic E-state index is 13.2. The van der Waals surface area contributed by atoms with Crippen molar-refractivity contribution in [2.24, 2.45) is 11.8 Å². The number of carbonyl (C=O) groups excluding carboxylic acids is 2. The monoisotopic (exact) mass is 372 g/mol. The highest BCUT2D eigenvalue weighted by Gasteiger charge is 2.67. The molecule has 7 heteroatoms. The van der Waals surface area contributed by atoms with Crippen molar-refractivity contribution in [3.05, 3.63) is 30.6 Å². The van der Waals surface area contributed by atoms with Gasteiger partial charge in [-0.15, -0.1) is 0 Å². The molecule has 0 aliphatic carbocycles. The highest BCUT2D eigenvalue weighted by Crippen LogP contribution is 2.52. The first-order valence-electron chi connectivity index (χ1n) is 9.90. The van der Waals surface area contributed by atoms with Crippen LogP contribution in [0, 0.1) is 11.8 Å². The molecule has 4 atom stereocenters. The molecule has 2 bridgehead atoms. The number of likely N-dealkylation sites (tertiary alicyclic amines) is 1. The topological polar surface area (TPSA) is 67.7 Å². The van der Waals surface area contributed by atoms with Crippen LogP contribution < -0.4 is 0 Å². The number of ether oxygens (including phenoxy) is 1. The lowest BCUT2D eigenvalue weighted by Gasteiger charge is -2.29. The predicted molar refractivity (Wildman–Crippen MR) is 99.7 cm³/mol. The van der Waals surface area contributed by atoms with Crippen LogP contribution in [0.3, 0.4) is 0 Å². The van der Waals surface area contributed by atoms with E-state index in [0.717, 1.165) is 12.8 Å². The summed E-state index contributed by atoms with van der Waals surface area (Å²) in [5.41, 5.74) is -0.618. The van der Waals surface area contributed by atoms with Gasteiger partial charge in [-0.05, 0) is 18.9 Å². The smallest absolute Gasteiger partial charge is 0.230 e. The average molecular weight is 372 g/mol. The maximum absolute atomic E-state index is 13.2. The molecular weight excluding hydrogens is 344 g/mol. The van der Waals surface area contributed by atoms with Crippen molar-refractivity contribution < 1.29 is 14.3 Å². The second-order valence-electron chi connectivity index (χ2n) is 7.87. The molecule has 0 radical (unpaired) electrons. The molecule has 1 spiro atoms. The fourth-order valence-corrected chi connectivity index (χ4v) is 4.90. The molecule has 27 heavy (non-hydrogen) atoms. The number of aromatic nitrogens is 2. The molecule has 0 aromatic carbocycles. The van der Waals surface area contributed by atoms with Gasteiger partial charge in [0, 0.05) is 32.0 Å². The number of amides is 2. The zero-order valence-electron chi connectivity index (χ0n) is 16.2. The first kappa shape index (κ1) is 18.2. The lowest BCUT2D eigenvalue weighted by molar-refractivity contribution is -0.143.